The van der Waals surface area contributed by atoms with Crippen LogP contribution in [0.1, 0.15) is 26.3 Å². The third-order valence-electron chi connectivity index (χ3n) is 2.77. The molecule has 0 unspecified atom stereocenters. The molecule has 2 aromatic rings. The molecular weight excluding hydrogens is 295 g/mol. The highest BCUT2D eigenvalue weighted by atomic mass is 32.2. The van der Waals surface area contributed by atoms with Crippen LogP contribution in [-0.2, 0) is 5.75 Å². The molecule has 0 radical (unpaired) electrons. The van der Waals surface area contributed by atoms with Crippen molar-refractivity contribution in [2.45, 2.75) is 10.6 Å². The highest BCUT2D eigenvalue weighted by Gasteiger charge is 2.09. The van der Waals surface area contributed by atoms with Crippen LogP contribution in [0.15, 0.2) is 47.4 Å². The summed E-state index contributed by atoms with van der Waals surface area (Å²) in [6.45, 7) is 0. The Labute approximate surface area is 124 Å². The number of aromatic carboxylic acids is 2. The number of carboxylic acid groups (broad SMARTS) is 2. The minimum absolute atomic E-state index is 0.0279. The van der Waals surface area contributed by atoms with Crippen LogP contribution in [0.5, 0.6) is 0 Å². The molecule has 0 spiro atoms. The lowest BCUT2D eigenvalue weighted by atomic mass is 10.1. The Morgan fingerprint density at radius 2 is 1.52 bits per heavy atom. The maximum absolute atomic E-state index is 13.6. The molecule has 2 rings (SSSR count). The van der Waals surface area contributed by atoms with Gasteiger partial charge in [0.05, 0.1) is 11.1 Å². The third-order valence-corrected chi connectivity index (χ3v) is 3.87. The molecule has 0 bridgehead atoms. The van der Waals surface area contributed by atoms with Crippen LogP contribution in [0.3, 0.4) is 0 Å². The summed E-state index contributed by atoms with van der Waals surface area (Å²) in [6, 6.07) is 9.87. The van der Waals surface area contributed by atoms with Crippen molar-refractivity contribution in [2.24, 2.45) is 0 Å². The molecule has 2 N–H and O–H groups in total. The maximum Gasteiger partial charge on any atom is 0.335 e. The van der Waals surface area contributed by atoms with Crippen LogP contribution in [0.25, 0.3) is 0 Å². The predicted molar refractivity (Wildman–Crippen MR) is 76.3 cm³/mol. The molecule has 0 saturated carbocycles. The van der Waals surface area contributed by atoms with Crippen molar-refractivity contribution >= 4 is 23.7 Å². The highest BCUT2D eigenvalue weighted by Crippen LogP contribution is 2.26. The molecule has 6 heteroatoms. The van der Waals surface area contributed by atoms with E-state index in [0.717, 1.165) is 23.4 Å². The number of thioether (sulfide) groups is 1. The molecule has 0 aliphatic carbocycles. The van der Waals surface area contributed by atoms with Gasteiger partial charge in [-0.05, 0) is 35.9 Å². The van der Waals surface area contributed by atoms with Gasteiger partial charge in [0.25, 0.3) is 0 Å². The molecule has 2 aromatic carbocycles. The van der Waals surface area contributed by atoms with E-state index in [-0.39, 0.29) is 16.0 Å². The third kappa shape index (κ3) is 3.82. The van der Waals surface area contributed by atoms with Crippen molar-refractivity contribution in [3.63, 3.8) is 0 Å². The molecule has 0 aliphatic rings. The number of benzene rings is 2. The lowest BCUT2D eigenvalue weighted by molar-refractivity contribution is 0.0686. The molecule has 0 aromatic heterocycles. The van der Waals surface area contributed by atoms with Crippen LogP contribution >= 0.6 is 11.8 Å². The van der Waals surface area contributed by atoms with E-state index in [1.807, 2.05) is 0 Å². The van der Waals surface area contributed by atoms with E-state index in [1.165, 1.54) is 24.3 Å². The summed E-state index contributed by atoms with van der Waals surface area (Å²) in [5.74, 6) is -2.18. The summed E-state index contributed by atoms with van der Waals surface area (Å²) < 4.78 is 13.6. The summed E-state index contributed by atoms with van der Waals surface area (Å²) in [5, 5.41) is 17.7. The normalized spacial score (nSPS) is 10.3. The molecule has 0 amide bonds. The standard InChI is InChI=1S/C15H11FO4S/c16-12-6-5-11(15(19)20)7-13(12)21-8-9-1-3-10(4-2-9)14(17)18/h1-7H,8H2,(H,17,18)(H,19,20). The van der Waals surface area contributed by atoms with Gasteiger partial charge in [-0.3, -0.25) is 0 Å². The summed E-state index contributed by atoms with van der Waals surface area (Å²) >= 11 is 1.16. The van der Waals surface area contributed by atoms with E-state index in [2.05, 4.69) is 0 Å². The first kappa shape index (κ1) is 15.1. The average molecular weight is 306 g/mol. The van der Waals surface area contributed by atoms with Crippen molar-refractivity contribution in [3.05, 3.63) is 65.0 Å². The number of carbonyl (C=O) groups is 2. The quantitative estimate of drug-likeness (QED) is 0.827. The minimum Gasteiger partial charge on any atom is -0.478 e. The van der Waals surface area contributed by atoms with E-state index in [0.29, 0.717) is 5.75 Å². The Balaban J connectivity index is 2.10. The second-order valence-corrected chi connectivity index (χ2v) is 5.26. The number of rotatable bonds is 5. The second-order valence-electron chi connectivity index (χ2n) is 4.24. The molecule has 0 atom stereocenters. The first-order valence-electron chi connectivity index (χ1n) is 5.95. The fourth-order valence-corrected chi connectivity index (χ4v) is 2.58. The molecular formula is C15H11FO4S. The van der Waals surface area contributed by atoms with Crippen molar-refractivity contribution in [1.29, 1.82) is 0 Å². The van der Waals surface area contributed by atoms with E-state index in [1.54, 1.807) is 12.1 Å². The molecule has 0 aliphatic heterocycles. The van der Waals surface area contributed by atoms with Gasteiger partial charge in [0.2, 0.25) is 0 Å². The van der Waals surface area contributed by atoms with Gasteiger partial charge < -0.3 is 10.2 Å². The van der Waals surface area contributed by atoms with Gasteiger partial charge in [-0.1, -0.05) is 12.1 Å². The Morgan fingerprint density at radius 3 is 2.10 bits per heavy atom. The van der Waals surface area contributed by atoms with Crippen molar-refractivity contribution in [3.8, 4) is 0 Å². The van der Waals surface area contributed by atoms with Crippen molar-refractivity contribution < 1.29 is 24.2 Å². The van der Waals surface area contributed by atoms with E-state index < -0.39 is 17.8 Å². The SMILES string of the molecule is O=C(O)c1ccc(CSc2cc(C(=O)O)ccc2F)cc1. The van der Waals surface area contributed by atoms with Gasteiger partial charge in [0.1, 0.15) is 5.82 Å². The van der Waals surface area contributed by atoms with Gasteiger partial charge in [0, 0.05) is 10.6 Å². The van der Waals surface area contributed by atoms with Crippen LogP contribution < -0.4 is 0 Å². The summed E-state index contributed by atoms with van der Waals surface area (Å²) in [5.41, 5.74) is 1.04. The molecule has 0 heterocycles. The van der Waals surface area contributed by atoms with Gasteiger partial charge in [-0.15, -0.1) is 11.8 Å². The van der Waals surface area contributed by atoms with Gasteiger partial charge in [0.15, 0.2) is 0 Å². The molecule has 108 valence electrons. The Bertz CT molecular complexity index is 683. The fourth-order valence-electron chi connectivity index (χ4n) is 1.65. The maximum atomic E-state index is 13.6. The van der Waals surface area contributed by atoms with Gasteiger partial charge in [-0.2, -0.15) is 0 Å². The lowest BCUT2D eigenvalue weighted by Gasteiger charge is -2.05. The zero-order chi connectivity index (χ0) is 15.4. The Kier molecular flexibility index (Phi) is 4.59. The number of hydrogen-bond donors (Lipinski definition) is 2. The van der Waals surface area contributed by atoms with Crippen LogP contribution in [0, 0.1) is 5.82 Å². The largest absolute Gasteiger partial charge is 0.478 e. The van der Waals surface area contributed by atoms with Gasteiger partial charge in [-0.25, -0.2) is 14.0 Å². The van der Waals surface area contributed by atoms with Gasteiger partial charge >= 0.3 is 11.9 Å². The monoisotopic (exact) mass is 306 g/mol. The molecule has 4 nitrogen and oxygen atoms in total. The lowest BCUT2D eigenvalue weighted by Crippen LogP contribution is -1.97. The average Bonchev–Trinajstić information content (AvgIpc) is 2.46. The number of carboxylic acids is 2. The molecule has 0 fully saturated rings. The highest BCUT2D eigenvalue weighted by molar-refractivity contribution is 7.98. The van der Waals surface area contributed by atoms with Crippen molar-refractivity contribution in [1.82, 2.24) is 0 Å². The number of hydrogen-bond acceptors (Lipinski definition) is 3. The van der Waals surface area contributed by atoms with E-state index in [4.69, 9.17) is 10.2 Å². The van der Waals surface area contributed by atoms with Crippen LogP contribution in [0.2, 0.25) is 0 Å². The zero-order valence-corrected chi connectivity index (χ0v) is 11.6. The fraction of sp³-hybridized carbons (Fsp3) is 0.0667. The summed E-state index contributed by atoms with van der Waals surface area (Å²) in [7, 11) is 0. The molecule has 21 heavy (non-hydrogen) atoms. The van der Waals surface area contributed by atoms with Crippen LogP contribution in [-0.4, -0.2) is 22.2 Å². The first-order chi connectivity index (χ1) is 9.97. The van der Waals surface area contributed by atoms with Crippen LogP contribution in [0.4, 0.5) is 4.39 Å². The van der Waals surface area contributed by atoms with E-state index in [9.17, 15) is 14.0 Å². The Hall–Kier alpha value is -2.34. The van der Waals surface area contributed by atoms with E-state index >= 15 is 0 Å². The number of halogens is 1. The predicted octanol–water partition coefficient (Wildman–Crippen LogP) is 3.51. The zero-order valence-electron chi connectivity index (χ0n) is 10.7. The topological polar surface area (TPSA) is 74.6 Å². The minimum atomic E-state index is -1.11. The summed E-state index contributed by atoms with van der Waals surface area (Å²) in [4.78, 5) is 21.8. The summed E-state index contributed by atoms with van der Waals surface area (Å²) in [6.07, 6.45) is 0. The van der Waals surface area contributed by atoms with Crippen molar-refractivity contribution in [2.75, 3.05) is 0 Å². The smallest absolute Gasteiger partial charge is 0.335 e. The Morgan fingerprint density at radius 1 is 0.952 bits per heavy atom. The molecule has 0 saturated heterocycles. The first-order valence-corrected chi connectivity index (χ1v) is 6.94. The second kappa shape index (κ2) is 6.41.